The normalized spacial score (nSPS) is 51.6. The Labute approximate surface area is 208 Å². The molecule has 34 heavy (non-hydrogen) atoms. The van der Waals surface area contributed by atoms with Crippen LogP contribution in [0, 0.1) is 39.4 Å². The minimum absolute atomic E-state index is 0.0129. The van der Waals surface area contributed by atoms with Crippen molar-refractivity contribution in [3.63, 3.8) is 0 Å². The van der Waals surface area contributed by atoms with Gasteiger partial charge in [0, 0.05) is 5.92 Å². The van der Waals surface area contributed by atoms with E-state index in [1.54, 1.807) is 6.92 Å². The predicted molar refractivity (Wildman–Crippen MR) is 137 cm³/mol. The summed E-state index contributed by atoms with van der Waals surface area (Å²) in [7, 11) is 0. The molecule has 0 aromatic rings. The van der Waals surface area contributed by atoms with E-state index in [1.165, 1.54) is 5.57 Å². The standard InChI is InChI=1S/C30H52O4/c1-19(2)10-9-13-29(8,33)30(34)17-16-28(7)24(30)20(31)18-22-26(5)14-12-23(32)25(3,4)21(26)11-15-27(22,28)6/h10,20-24,31-34H,9,11-18H2,1-8H3/t20-,21+,22+,23-,24-,26+,27-,28-,29+,30-/m1/s1. The predicted octanol–water partition coefficient (Wildman–Crippen LogP) is 5.62. The minimum atomic E-state index is -1.29. The van der Waals surface area contributed by atoms with Crippen molar-refractivity contribution >= 4 is 0 Å². The highest BCUT2D eigenvalue weighted by molar-refractivity contribution is 5.24. The Bertz CT molecular complexity index is 828. The van der Waals surface area contributed by atoms with Gasteiger partial charge >= 0.3 is 0 Å². The van der Waals surface area contributed by atoms with Crippen LogP contribution in [0.25, 0.3) is 0 Å². The zero-order valence-electron chi connectivity index (χ0n) is 23.1. The highest BCUT2D eigenvalue weighted by Gasteiger charge is 2.74. The Hall–Kier alpha value is -0.420. The number of aliphatic hydroxyl groups is 4. The van der Waals surface area contributed by atoms with Crippen LogP contribution in [0.15, 0.2) is 11.6 Å². The molecule has 4 rings (SSSR count). The number of aliphatic hydroxyl groups excluding tert-OH is 2. The van der Waals surface area contributed by atoms with E-state index in [0.717, 1.165) is 38.5 Å². The van der Waals surface area contributed by atoms with E-state index in [0.29, 0.717) is 31.1 Å². The van der Waals surface area contributed by atoms with E-state index in [9.17, 15) is 20.4 Å². The molecule has 0 unspecified atom stereocenters. The molecule has 4 heteroatoms. The maximum Gasteiger partial charge on any atom is 0.0988 e. The first-order valence-corrected chi connectivity index (χ1v) is 13.9. The van der Waals surface area contributed by atoms with Crippen molar-refractivity contribution in [1.29, 1.82) is 0 Å². The third-order valence-corrected chi connectivity index (χ3v) is 12.5. The summed E-state index contributed by atoms with van der Waals surface area (Å²) in [6.45, 7) is 17.6. The number of hydrogen-bond acceptors (Lipinski definition) is 4. The molecule has 0 aromatic carbocycles. The summed E-state index contributed by atoms with van der Waals surface area (Å²) in [4.78, 5) is 0. The fraction of sp³-hybridized carbons (Fsp3) is 0.933. The van der Waals surface area contributed by atoms with Crippen LogP contribution in [0.5, 0.6) is 0 Å². The van der Waals surface area contributed by atoms with Crippen LogP contribution in [0.2, 0.25) is 0 Å². The molecule has 10 atom stereocenters. The average molecular weight is 477 g/mol. The van der Waals surface area contributed by atoms with Crippen LogP contribution >= 0.6 is 0 Å². The summed E-state index contributed by atoms with van der Waals surface area (Å²) >= 11 is 0. The molecule has 196 valence electrons. The molecule has 0 saturated heterocycles. The first kappa shape index (κ1) is 26.6. The number of rotatable bonds is 4. The first-order valence-electron chi connectivity index (χ1n) is 13.9. The van der Waals surface area contributed by atoms with Crippen LogP contribution in [-0.2, 0) is 0 Å². The summed E-state index contributed by atoms with van der Waals surface area (Å²) in [5.74, 6) is 0.451. The van der Waals surface area contributed by atoms with Gasteiger partial charge in [0.1, 0.15) is 0 Å². The summed E-state index contributed by atoms with van der Waals surface area (Å²) in [6.07, 6.45) is 8.50. The molecule has 4 saturated carbocycles. The summed E-state index contributed by atoms with van der Waals surface area (Å²) in [5.41, 5.74) is -1.62. The van der Waals surface area contributed by atoms with Gasteiger partial charge in [0.25, 0.3) is 0 Å². The van der Waals surface area contributed by atoms with Gasteiger partial charge in [-0.05, 0) is 112 Å². The van der Waals surface area contributed by atoms with E-state index < -0.39 is 17.3 Å². The maximum atomic E-state index is 12.2. The molecule has 4 nitrogen and oxygen atoms in total. The molecule has 0 heterocycles. The zero-order valence-corrected chi connectivity index (χ0v) is 23.1. The van der Waals surface area contributed by atoms with Gasteiger partial charge in [-0.15, -0.1) is 0 Å². The largest absolute Gasteiger partial charge is 0.393 e. The highest BCUT2D eigenvalue weighted by Crippen LogP contribution is 2.76. The quantitative estimate of drug-likeness (QED) is 0.397. The Morgan fingerprint density at radius 2 is 1.56 bits per heavy atom. The molecule has 0 bridgehead atoms. The average Bonchev–Trinajstić information content (AvgIpc) is 3.02. The molecule has 4 aliphatic rings. The van der Waals surface area contributed by atoms with Crippen molar-refractivity contribution in [3.05, 3.63) is 11.6 Å². The Morgan fingerprint density at radius 3 is 2.18 bits per heavy atom. The molecule has 0 radical (unpaired) electrons. The second kappa shape index (κ2) is 8.04. The van der Waals surface area contributed by atoms with E-state index >= 15 is 0 Å². The minimum Gasteiger partial charge on any atom is -0.393 e. The van der Waals surface area contributed by atoms with Crippen LogP contribution < -0.4 is 0 Å². The molecule has 4 fully saturated rings. The van der Waals surface area contributed by atoms with E-state index in [-0.39, 0.29) is 33.7 Å². The van der Waals surface area contributed by atoms with Gasteiger partial charge in [0.2, 0.25) is 0 Å². The maximum absolute atomic E-state index is 12.2. The second-order valence-electron chi connectivity index (χ2n) is 14.7. The SMILES string of the molecule is CC(C)=CCC[C@](C)(O)[C@@]1(O)CC[C@]2(C)[C@H]1[C@H](O)C[C@H]1[C@@]3(C)CC[C@@H](O)C(C)(C)[C@@H]3CC[C@]12C. The molecule has 0 amide bonds. The lowest BCUT2D eigenvalue weighted by atomic mass is 9.35. The Morgan fingerprint density at radius 1 is 0.912 bits per heavy atom. The van der Waals surface area contributed by atoms with Gasteiger partial charge in [-0.1, -0.05) is 46.3 Å². The lowest BCUT2D eigenvalue weighted by Crippen LogP contribution is -2.69. The molecule has 0 spiro atoms. The van der Waals surface area contributed by atoms with Gasteiger partial charge < -0.3 is 20.4 Å². The third-order valence-electron chi connectivity index (χ3n) is 12.5. The number of hydrogen-bond donors (Lipinski definition) is 4. The third kappa shape index (κ3) is 3.37. The Balaban J connectivity index is 1.71. The second-order valence-corrected chi connectivity index (χ2v) is 14.7. The van der Waals surface area contributed by atoms with Crippen LogP contribution in [0.4, 0.5) is 0 Å². The highest BCUT2D eigenvalue weighted by atomic mass is 16.4. The molecule has 0 aromatic heterocycles. The van der Waals surface area contributed by atoms with Crippen molar-refractivity contribution < 1.29 is 20.4 Å². The zero-order chi connectivity index (χ0) is 25.5. The van der Waals surface area contributed by atoms with Gasteiger partial charge in [-0.2, -0.15) is 0 Å². The fourth-order valence-corrected chi connectivity index (χ4v) is 10.3. The van der Waals surface area contributed by atoms with Gasteiger partial charge in [-0.3, -0.25) is 0 Å². The van der Waals surface area contributed by atoms with E-state index in [4.69, 9.17) is 0 Å². The number of fused-ring (bicyclic) bond motifs is 5. The first-order chi connectivity index (χ1) is 15.5. The van der Waals surface area contributed by atoms with Crippen molar-refractivity contribution in [2.45, 2.75) is 137 Å². The van der Waals surface area contributed by atoms with Crippen LogP contribution in [0.3, 0.4) is 0 Å². The molecular formula is C30H52O4. The molecule has 0 aliphatic heterocycles. The molecule has 4 N–H and O–H groups in total. The van der Waals surface area contributed by atoms with Crippen LogP contribution in [-0.4, -0.2) is 43.8 Å². The monoisotopic (exact) mass is 476 g/mol. The topological polar surface area (TPSA) is 80.9 Å². The van der Waals surface area contributed by atoms with Crippen molar-refractivity contribution in [1.82, 2.24) is 0 Å². The fourth-order valence-electron chi connectivity index (χ4n) is 10.3. The number of allylic oxidation sites excluding steroid dienone is 2. The lowest BCUT2D eigenvalue weighted by Gasteiger charge is -2.70. The van der Waals surface area contributed by atoms with Crippen molar-refractivity contribution in [2.24, 2.45) is 39.4 Å². The van der Waals surface area contributed by atoms with Crippen molar-refractivity contribution in [2.75, 3.05) is 0 Å². The van der Waals surface area contributed by atoms with Crippen molar-refractivity contribution in [3.8, 4) is 0 Å². The summed E-state index contributed by atoms with van der Waals surface area (Å²) in [6, 6.07) is 0. The van der Waals surface area contributed by atoms with E-state index in [2.05, 4.69) is 54.5 Å². The lowest BCUT2D eigenvalue weighted by molar-refractivity contribution is -0.271. The molecule has 4 aliphatic carbocycles. The van der Waals surface area contributed by atoms with E-state index in [1.807, 2.05) is 0 Å². The molecular weight excluding hydrogens is 424 g/mol. The Kier molecular flexibility index (Phi) is 6.30. The van der Waals surface area contributed by atoms with Gasteiger partial charge in [0.15, 0.2) is 0 Å². The van der Waals surface area contributed by atoms with Crippen LogP contribution in [0.1, 0.15) is 113 Å². The summed E-state index contributed by atoms with van der Waals surface area (Å²) in [5, 5.41) is 46.4. The van der Waals surface area contributed by atoms with Gasteiger partial charge in [0.05, 0.1) is 23.4 Å². The summed E-state index contributed by atoms with van der Waals surface area (Å²) < 4.78 is 0. The van der Waals surface area contributed by atoms with Gasteiger partial charge in [-0.25, -0.2) is 0 Å². The smallest absolute Gasteiger partial charge is 0.0988 e.